The zero-order valence-electron chi connectivity index (χ0n) is 16.3. The summed E-state index contributed by atoms with van der Waals surface area (Å²) >= 11 is 0. The number of hydrogen-bond acceptors (Lipinski definition) is 6. The van der Waals surface area contributed by atoms with Crippen molar-refractivity contribution in [2.45, 2.75) is 53.6 Å². The first-order valence-electron chi connectivity index (χ1n) is 9.06. The zero-order valence-corrected chi connectivity index (χ0v) is 18.3. The van der Waals surface area contributed by atoms with Crippen molar-refractivity contribution >= 4 is 17.6 Å². The van der Waals surface area contributed by atoms with Crippen LogP contribution in [0.5, 0.6) is 0 Å². The average molecular weight is 381 g/mol. The highest BCUT2D eigenvalue weighted by Gasteiger charge is 2.41. The average Bonchev–Trinajstić information content (AvgIpc) is 2.53. The van der Waals surface area contributed by atoms with Crippen molar-refractivity contribution in [3.63, 3.8) is 0 Å². The zero-order chi connectivity index (χ0) is 18.3. The molecule has 0 aliphatic heterocycles. The van der Waals surface area contributed by atoms with Crippen molar-refractivity contribution in [3.8, 4) is 0 Å². The normalized spacial score (nSPS) is 13.1. The molecule has 0 aliphatic carbocycles. The van der Waals surface area contributed by atoms with Crippen LogP contribution < -0.4 is 0 Å². The topological polar surface area (TPSA) is 55.4 Å². The Morgan fingerprint density at radius 2 is 0.667 bits per heavy atom. The fraction of sp³-hybridized carbons (Fsp3) is 0.875. The van der Waals surface area contributed by atoms with Crippen LogP contribution in [0.3, 0.4) is 0 Å². The third kappa shape index (κ3) is 8.86. The van der Waals surface area contributed by atoms with E-state index in [-0.39, 0.29) is 0 Å². The molecule has 0 unspecified atom stereocenters. The molecular weight excluding hydrogens is 344 g/mol. The smallest absolute Gasteiger partial charge is 0.374 e. The molecule has 0 aromatic carbocycles. The first-order valence-corrected chi connectivity index (χ1v) is 12.9. The maximum Gasteiger partial charge on any atom is 0.504 e. The Morgan fingerprint density at radius 3 is 0.833 bits per heavy atom. The lowest BCUT2D eigenvalue weighted by atomic mass is 10.6. The summed E-state index contributed by atoms with van der Waals surface area (Å²) in [6.07, 6.45) is 4.10. The lowest BCUT2D eigenvalue weighted by Gasteiger charge is -2.28. The van der Waals surface area contributed by atoms with Crippen LogP contribution in [0, 0.1) is 0 Å². The molecule has 0 saturated heterocycles. The Bertz CT molecular complexity index is 264. The lowest BCUT2D eigenvalue weighted by molar-refractivity contribution is 0.0725. The molecule has 0 aromatic heterocycles. The van der Waals surface area contributed by atoms with Crippen LogP contribution in [0.15, 0.2) is 12.2 Å². The Labute approximate surface area is 150 Å². The van der Waals surface area contributed by atoms with Gasteiger partial charge in [0.05, 0.1) is 0 Å². The van der Waals surface area contributed by atoms with Gasteiger partial charge in [0, 0.05) is 51.7 Å². The predicted octanol–water partition coefficient (Wildman–Crippen LogP) is 3.64. The molecule has 24 heavy (non-hydrogen) atoms. The molecule has 0 fully saturated rings. The first kappa shape index (κ1) is 23.9. The van der Waals surface area contributed by atoms with E-state index < -0.39 is 17.6 Å². The molecule has 0 rings (SSSR count). The molecule has 8 heteroatoms. The minimum absolute atomic E-state index is 0.579. The fourth-order valence-corrected chi connectivity index (χ4v) is 7.14. The highest BCUT2D eigenvalue weighted by atomic mass is 28.4. The second-order valence-electron chi connectivity index (χ2n) is 4.84. The van der Waals surface area contributed by atoms with Gasteiger partial charge in [0.2, 0.25) is 0 Å². The quantitative estimate of drug-likeness (QED) is 0.301. The van der Waals surface area contributed by atoms with Crippen molar-refractivity contribution in [1.82, 2.24) is 0 Å². The van der Waals surface area contributed by atoms with Crippen molar-refractivity contribution in [2.75, 3.05) is 39.6 Å². The van der Waals surface area contributed by atoms with E-state index in [0.29, 0.717) is 51.7 Å². The van der Waals surface area contributed by atoms with E-state index in [9.17, 15) is 0 Å². The van der Waals surface area contributed by atoms with Gasteiger partial charge in [0.1, 0.15) is 0 Å². The molecule has 0 atom stereocenters. The summed E-state index contributed by atoms with van der Waals surface area (Å²) < 4.78 is 35.1. The van der Waals surface area contributed by atoms with Gasteiger partial charge in [-0.1, -0.05) is 12.2 Å². The molecule has 0 heterocycles. The van der Waals surface area contributed by atoms with Gasteiger partial charge < -0.3 is 26.6 Å². The molecule has 0 aromatic rings. The third-order valence-corrected chi connectivity index (χ3v) is 8.93. The number of rotatable bonds is 16. The van der Waals surface area contributed by atoms with Gasteiger partial charge in [0.25, 0.3) is 0 Å². The Hall–Kier alpha value is -0.0662. The third-order valence-electron chi connectivity index (χ3n) is 3.09. The fourth-order valence-electron chi connectivity index (χ4n) is 2.38. The molecular formula is C16H36O6Si2. The number of allylic oxidation sites excluding steroid dienone is 2. The molecule has 0 radical (unpaired) electrons. The standard InChI is InChI=1S/C16H36O6Si2/c1-7-17-23(18-8-2,19-9-3)15-13-14-16-24(20-10-4,21-11-5)22-12-6/h13-14H,7-12,15-16H2,1-6H3/b14-13+. The van der Waals surface area contributed by atoms with Gasteiger partial charge in [-0.15, -0.1) is 0 Å². The van der Waals surface area contributed by atoms with Crippen molar-refractivity contribution in [3.05, 3.63) is 12.2 Å². The van der Waals surface area contributed by atoms with Crippen LogP contribution >= 0.6 is 0 Å². The molecule has 6 nitrogen and oxygen atoms in total. The van der Waals surface area contributed by atoms with Crippen LogP contribution in [-0.4, -0.2) is 57.3 Å². The molecule has 0 aliphatic rings. The molecule has 0 spiro atoms. The summed E-state index contributed by atoms with van der Waals surface area (Å²) in [5.74, 6) is 0. The Morgan fingerprint density at radius 1 is 0.458 bits per heavy atom. The molecule has 0 saturated carbocycles. The molecule has 144 valence electrons. The van der Waals surface area contributed by atoms with Gasteiger partial charge in [-0.3, -0.25) is 0 Å². The molecule has 0 amide bonds. The van der Waals surface area contributed by atoms with Gasteiger partial charge in [-0.25, -0.2) is 0 Å². The summed E-state index contributed by atoms with van der Waals surface area (Å²) in [4.78, 5) is 0. The second-order valence-corrected chi connectivity index (χ2v) is 10.1. The number of hydrogen-bond donors (Lipinski definition) is 0. The second kappa shape index (κ2) is 14.1. The van der Waals surface area contributed by atoms with Crippen molar-refractivity contribution < 1.29 is 26.6 Å². The van der Waals surface area contributed by atoms with Gasteiger partial charge in [-0.2, -0.15) is 0 Å². The minimum atomic E-state index is -2.64. The van der Waals surface area contributed by atoms with E-state index in [1.165, 1.54) is 0 Å². The molecule has 0 bridgehead atoms. The van der Waals surface area contributed by atoms with E-state index >= 15 is 0 Å². The van der Waals surface area contributed by atoms with Crippen LogP contribution in [0.2, 0.25) is 12.1 Å². The first-order chi connectivity index (χ1) is 11.6. The predicted molar refractivity (Wildman–Crippen MR) is 100 cm³/mol. The molecule has 0 N–H and O–H groups in total. The summed E-state index contributed by atoms with van der Waals surface area (Å²) in [6.45, 7) is 15.2. The van der Waals surface area contributed by atoms with Crippen LogP contribution in [-0.2, 0) is 26.6 Å². The Kier molecular flexibility index (Phi) is 14.1. The lowest BCUT2D eigenvalue weighted by Crippen LogP contribution is -2.46. The van der Waals surface area contributed by atoms with E-state index in [1.54, 1.807) is 0 Å². The summed E-state index contributed by atoms with van der Waals surface area (Å²) in [6, 6.07) is 1.27. The maximum atomic E-state index is 5.85. The minimum Gasteiger partial charge on any atom is -0.374 e. The highest BCUT2D eigenvalue weighted by Crippen LogP contribution is 2.20. The van der Waals surface area contributed by atoms with E-state index in [2.05, 4.69) is 0 Å². The Balaban J connectivity index is 4.91. The van der Waals surface area contributed by atoms with Gasteiger partial charge in [0.15, 0.2) is 0 Å². The van der Waals surface area contributed by atoms with E-state index in [0.717, 1.165) is 0 Å². The monoisotopic (exact) mass is 380 g/mol. The van der Waals surface area contributed by atoms with Gasteiger partial charge >= 0.3 is 17.6 Å². The summed E-state index contributed by atoms with van der Waals surface area (Å²) in [5, 5.41) is 0. The van der Waals surface area contributed by atoms with Crippen LogP contribution in [0.25, 0.3) is 0 Å². The SMILES string of the molecule is CCO[Si](C/C=C/C[Si](OCC)(OCC)OCC)(OCC)OCC. The van der Waals surface area contributed by atoms with E-state index in [1.807, 2.05) is 53.7 Å². The highest BCUT2D eigenvalue weighted by molar-refractivity contribution is 6.62. The maximum absolute atomic E-state index is 5.85. The van der Waals surface area contributed by atoms with Crippen LogP contribution in [0.4, 0.5) is 0 Å². The van der Waals surface area contributed by atoms with Gasteiger partial charge in [-0.05, 0) is 41.5 Å². The van der Waals surface area contributed by atoms with E-state index in [4.69, 9.17) is 26.6 Å². The summed E-state index contributed by atoms with van der Waals surface area (Å²) in [7, 11) is -5.28. The van der Waals surface area contributed by atoms with Crippen molar-refractivity contribution in [2.24, 2.45) is 0 Å². The largest absolute Gasteiger partial charge is 0.504 e. The summed E-state index contributed by atoms with van der Waals surface area (Å²) in [5.41, 5.74) is 0. The van der Waals surface area contributed by atoms with Crippen molar-refractivity contribution in [1.29, 1.82) is 0 Å². The van der Waals surface area contributed by atoms with Crippen LogP contribution in [0.1, 0.15) is 41.5 Å².